The summed E-state index contributed by atoms with van der Waals surface area (Å²) in [6, 6.07) is -0.789. The molecule has 1 amide bonds. The van der Waals surface area contributed by atoms with Crippen LogP contribution in [0.3, 0.4) is 0 Å². The van der Waals surface area contributed by atoms with Gasteiger partial charge < -0.3 is 19.8 Å². The largest absolute Gasteiger partial charge is 0.472 e. The molecule has 3 unspecified atom stereocenters. The van der Waals surface area contributed by atoms with Crippen LogP contribution >= 0.6 is 7.82 Å². The molecule has 0 aromatic heterocycles. The summed E-state index contributed by atoms with van der Waals surface area (Å²) < 4.78 is 23.4. The number of carbonyl (C=O) groups is 1. The van der Waals surface area contributed by atoms with Crippen molar-refractivity contribution in [2.45, 2.75) is 154 Å². The van der Waals surface area contributed by atoms with E-state index >= 15 is 0 Å². The van der Waals surface area contributed by atoms with Crippen LogP contribution in [-0.2, 0) is 18.4 Å². The second-order valence-corrected chi connectivity index (χ2v) is 17.5. The number of amides is 1. The fourth-order valence-electron chi connectivity index (χ4n) is 5.60. The van der Waals surface area contributed by atoms with Crippen molar-refractivity contribution in [2.75, 3.05) is 40.9 Å². The van der Waals surface area contributed by atoms with Crippen molar-refractivity contribution in [3.8, 4) is 0 Å². The number of likely N-dealkylation sites (N-methyl/N-ethyl adjacent to an activating group) is 1. The zero-order valence-corrected chi connectivity index (χ0v) is 39.3. The number of phosphoric acid groups is 1. The predicted molar refractivity (Wildman–Crippen MR) is 258 cm³/mol. The van der Waals surface area contributed by atoms with Crippen molar-refractivity contribution in [1.82, 2.24) is 5.32 Å². The van der Waals surface area contributed by atoms with Gasteiger partial charge in [0, 0.05) is 6.42 Å². The highest BCUT2D eigenvalue weighted by molar-refractivity contribution is 7.47. The molecule has 0 spiro atoms. The molecule has 0 aromatic rings. The second-order valence-electron chi connectivity index (χ2n) is 16.0. The number of rotatable bonds is 39. The maximum Gasteiger partial charge on any atom is 0.472 e. The van der Waals surface area contributed by atoms with Gasteiger partial charge in [-0.25, -0.2) is 4.57 Å². The van der Waals surface area contributed by atoms with Gasteiger partial charge in [-0.15, -0.1) is 0 Å². The number of hydrogen-bond acceptors (Lipinski definition) is 5. The standard InChI is InChI=1S/C51H85N2O6P/c1-6-8-10-12-13-14-15-16-17-18-19-20-21-22-23-24-25-26-27-28-29-30-31-32-33-34-35-36-37-38-39-41-43-45-51(55)52-49(50(54)44-42-40-11-9-7-2)48-59-60(56,57)58-47-46-53(3,4)5/h8,10,13-14,16-17,19-20,22-23,25-26,28-29,31-32,34-35,37-38,49-50,54H,6-7,9,11-12,15,18,21,24,27,30,33,36,39-48H2,1-5H3,(H-,52,55,56,57)/p+1/b10-8-,14-13-,17-16-,20-19-,23-22-,26-25-,29-28-,32-31-,35-34-,38-37-. The van der Waals surface area contributed by atoms with Gasteiger partial charge in [-0.2, -0.15) is 0 Å². The summed E-state index contributed by atoms with van der Waals surface area (Å²) in [7, 11) is 1.56. The number of quaternary nitrogens is 1. The van der Waals surface area contributed by atoms with Crippen molar-refractivity contribution < 1.29 is 32.9 Å². The lowest BCUT2D eigenvalue weighted by Gasteiger charge is -2.26. The molecule has 0 saturated carbocycles. The minimum Gasteiger partial charge on any atom is -0.391 e. The highest BCUT2D eigenvalue weighted by Crippen LogP contribution is 2.43. The zero-order chi connectivity index (χ0) is 44.3. The van der Waals surface area contributed by atoms with E-state index in [1.807, 2.05) is 21.1 Å². The van der Waals surface area contributed by atoms with Gasteiger partial charge in [0.25, 0.3) is 0 Å². The molecule has 0 fully saturated rings. The Balaban J connectivity index is 4.16. The Hall–Kier alpha value is -3.10. The van der Waals surface area contributed by atoms with Crippen LogP contribution in [-0.4, -0.2) is 73.4 Å². The van der Waals surface area contributed by atoms with Gasteiger partial charge in [0.1, 0.15) is 13.2 Å². The maximum atomic E-state index is 12.8. The van der Waals surface area contributed by atoms with Crippen LogP contribution in [0, 0.1) is 0 Å². The monoisotopic (exact) mass is 854 g/mol. The number of aliphatic hydroxyl groups is 1. The summed E-state index contributed by atoms with van der Waals surface area (Å²) >= 11 is 0. The lowest BCUT2D eigenvalue weighted by Crippen LogP contribution is -2.46. The molecule has 0 aliphatic heterocycles. The summed E-state index contributed by atoms with van der Waals surface area (Å²) in [6.07, 6.45) is 61.5. The van der Waals surface area contributed by atoms with Crippen molar-refractivity contribution in [3.05, 3.63) is 122 Å². The molecule has 60 heavy (non-hydrogen) atoms. The second kappa shape index (κ2) is 41.3. The summed E-state index contributed by atoms with van der Waals surface area (Å²) in [4.78, 5) is 22.9. The number of carbonyl (C=O) groups excluding carboxylic acids is 1. The average molecular weight is 854 g/mol. The van der Waals surface area contributed by atoms with E-state index in [1.54, 1.807) is 0 Å². The first-order chi connectivity index (χ1) is 29.0. The SMILES string of the molecule is CC/C=C\C/C=C\C/C=C\C/C=C\C/C=C\C/C=C\C/C=C\C/C=C\C/C=C\C/C=C\CCCCC(=O)NC(COP(=O)(O)OCC[N+](C)(C)C)C(O)CCCCCCC. The van der Waals surface area contributed by atoms with Gasteiger partial charge in [0.15, 0.2) is 0 Å². The van der Waals surface area contributed by atoms with Crippen molar-refractivity contribution >= 4 is 13.7 Å². The Morgan fingerprint density at radius 2 is 1.00 bits per heavy atom. The van der Waals surface area contributed by atoms with Crippen LogP contribution in [0.2, 0.25) is 0 Å². The molecule has 0 radical (unpaired) electrons. The van der Waals surface area contributed by atoms with Gasteiger partial charge in [0.05, 0.1) is 39.9 Å². The van der Waals surface area contributed by atoms with Crippen molar-refractivity contribution in [2.24, 2.45) is 0 Å². The third-order valence-corrected chi connectivity index (χ3v) is 10.2. The van der Waals surface area contributed by atoms with Crippen molar-refractivity contribution in [3.63, 3.8) is 0 Å². The van der Waals surface area contributed by atoms with E-state index in [0.717, 1.165) is 109 Å². The molecular weight excluding hydrogens is 768 g/mol. The van der Waals surface area contributed by atoms with Gasteiger partial charge >= 0.3 is 7.82 Å². The van der Waals surface area contributed by atoms with Crippen LogP contribution in [0.1, 0.15) is 142 Å². The number of phosphoric ester groups is 1. The Kier molecular flexibility index (Phi) is 39.1. The number of nitrogens with one attached hydrogen (secondary N) is 1. The number of aliphatic hydroxyl groups excluding tert-OH is 1. The molecule has 3 N–H and O–H groups in total. The minimum absolute atomic E-state index is 0.0576. The van der Waals surface area contributed by atoms with Gasteiger partial charge in [-0.1, -0.05) is 167 Å². The first kappa shape index (κ1) is 56.9. The van der Waals surface area contributed by atoms with E-state index in [9.17, 15) is 19.4 Å². The normalized spacial score (nSPS) is 15.4. The van der Waals surface area contributed by atoms with Crippen LogP contribution in [0.5, 0.6) is 0 Å². The van der Waals surface area contributed by atoms with Crippen molar-refractivity contribution in [1.29, 1.82) is 0 Å². The molecule has 0 aliphatic carbocycles. The first-order valence-corrected chi connectivity index (χ1v) is 24.4. The molecule has 8 nitrogen and oxygen atoms in total. The number of unbranched alkanes of at least 4 members (excludes halogenated alkanes) is 6. The third kappa shape index (κ3) is 43.0. The van der Waals surface area contributed by atoms with E-state index in [2.05, 4.69) is 141 Å². The van der Waals surface area contributed by atoms with Crippen LogP contribution in [0.15, 0.2) is 122 Å². The molecule has 0 rings (SSSR count). The Bertz CT molecular complexity index is 1380. The summed E-state index contributed by atoms with van der Waals surface area (Å²) in [5, 5.41) is 13.7. The van der Waals surface area contributed by atoms with Gasteiger partial charge in [-0.05, 0) is 89.9 Å². The molecule has 0 bridgehead atoms. The summed E-state index contributed by atoms with van der Waals surface area (Å²) in [6.45, 7) is 4.60. The number of nitrogens with zero attached hydrogens (tertiary/aromatic N) is 1. The van der Waals surface area contributed by atoms with E-state index in [4.69, 9.17) is 9.05 Å². The third-order valence-electron chi connectivity index (χ3n) is 9.22. The number of hydrogen-bond donors (Lipinski definition) is 3. The Morgan fingerprint density at radius 3 is 1.42 bits per heavy atom. The van der Waals surface area contributed by atoms with Crippen LogP contribution in [0.4, 0.5) is 0 Å². The fourth-order valence-corrected chi connectivity index (χ4v) is 6.34. The Labute approximate surface area is 367 Å². The summed E-state index contributed by atoms with van der Waals surface area (Å²) in [5.74, 6) is -0.201. The smallest absolute Gasteiger partial charge is 0.391 e. The lowest BCUT2D eigenvalue weighted by atomic mass is 10.0. The number of allylic oxidation sites excluding steroid dienone is 20. The van der Waals surface area contributed by atoms with E-state index in [0.29, 0.717) is 30.3 Å². The fraction of sp³-hybridized carbons (Fsp3) is 0.588. The molecular formula is C51H86N2O6P+. The topological polar surface area (TPSA) is 105 Å². The minimum atomic E-state index is -4.32. The lowest BCUT2D eigenvalue weighted by molar-refractivity contribution is -0.870. The van der Waals surface area contributed by atoms with Gasteiger partial charge in [0.2, 0.25) is 5.91 Å². The quantitative estimate of drug-likeness (QED) is 0.0246. The molecule has 0 aliphatic rings. The van der Waals surface area contributed by atoms with Crippen LogP contribution in [0.25, 0.3) is 0 Å². The predicted octanol–water partition coefficient (Wildman–Crippen LogP) is 13.1. The average Bonchev–Trinajstić information content (AvgIpc) is 3.20. The molecule has 340 valence electrons. The first-order valence-electron chi connectivity index (χ1n) is 22.9. The van der Waals surface area contributed by atoms with E-state index in [-0.39, 0.29) is 19.1 Å². The Morgan fingerprint density at radius 1 is 0.583 bits per heavy atom. The highest BCUT2D eigenvalue weighted by Gasteiger charge is 2.28. The van der Waals surface area contributed by atoms with E-state index < -0.39 is 20.0 Å². The van der Waals surface area contributed by atoms with E-state index in [1.165, 1.54) is 0 Å². The molecule has 9 heteroatoms. The molecule has 0 heterocycles. The zero-order valence-electron chi connectivity index (χ0n) is 38.4. The highest BCUT2D eigenvalue weighted by atomic mass is 31.2. The maximum absolute atomic E-state index is 12.8. The van der Waals surface area contributed by atoms with Crippen LogP contribution < -0.4 is 5.32 Å². The molecule has 3 atom stereocenters. The van der Waals surface area contributed by atoms with Gasteiger partial charge in [-0.3, -0.25) is 13.8 Å². The molecule has 0 aromatic carbocycles. The summed E-state index contributed by atoms with van der Waals surface area (Å²) in [5.41, 5.74) is 0. The molecule has 0 saturated heterocycles.